The summed E-state index contributed by atoms with van der Waals surface area (Å²) in [7, 11) is 1.71. The van der Waals surface area contributed by atoms with Crippen molar-refractivity contribution in [2.24, 2.45) is 5.92 Å². The summed E-state index contributed by atoms with van der Waals surface area (Å²) >= 11 is 0. The molecular formula is C12H25NO3. The SMILES string of the molecule is COCCCOCCOCC1CCNCC1. The molecule has 0 aromatic heterocycles. The quantitative estimate of drug-likeness (QED) is 0.602. The third kappa shape index (κ3) is 7.17. The summed E-state index contributed by atoms with van der Waals surface area (Å²) in [5.41, 5.74) is 0. The molecule has 0 unspecified atom stereocenters. The van der Waals surface area contributed by atoms with Gasteiger partial charge in [0, 0.05) is 26.9 Å². The first-order valence-corrected chi connectivity index (χ1v) is 6.28. The van der Waals surface area contributed by atoms with E-state index in [1.54, 1.807) is 7.11 Å². The van der Waals surface area contributed by atoms with Gasteiger partial charge in [-0.2, -0.15) is 0 Å². The second kappa shape index (κ2) is 10.0. The fourth-order valence-electron chi connectivity index (χ4n) is 1.82. The van der Waals surface area contributed by atoms with Crippen LogP contribution in [0.3, 0.4) is 0 Å². The first-order chi connectivity index (χ1) is 7.93. The number of piperidine rings is 1. The van der Waals surface area contributed by atoms with E-state index >= 15 is 0 Å². The highest BCUT2D eigenvalue weighted by Gasteiger charge is 2.12. The van der Waals surface area contributed by atoms with E-state index in [2.05, 4.69) is 5.32 Å². The van der Waals surface area contributed by atoms with Gasteiger partial charge in [0.25, 0.3) is 0 Å². The van der Waals surface area contributed by atoms with Gasteiger partial charge in [0.2, 0.25) is 0 Å². The van der Waals surface area contributed by atoms with Crippen LogP contribution in [0.4, 0.5) is 0 Å². The standard InChI is InChI=1S/C12H25NO3/c1-14-7-2-8-15-9-10-16-11-12-3-5-13-6-4-12/h12-13H,2-11H2,1H3. The fraction of sp³-hybridized carbons (Fsp3) is 1.00. The number of hydrogen-bond acceptors (Lipinski definition) is 4. The zero-order valence-corrected chi connectivity index (χ0v) is 10.4. The van der Waals surface area contributed by atoms with Gasteiger partial charge in [-0.3, -0.25) is 0 Å². The van der Waals surface area contributed by atoms with Gasteiger partial charge in [0.05, 0.1) is 13.2 Å². The topological polar surface area (TPSA) is 39.7 Å². The molecule has 4 heteroatoms. The van der Waals surface area contributed by atoms with Crippen LogP contribution >= 0.6 is 0 Å². The highest BCUT2D eigenvalue weighted by atomic mass is 16.5. The third-order valence-corrected chi connectivity index (χ3v) is 2.82. The minimum atomic E-state index is 0.703. The van der Waals surface area contributed by atoms with Crippen molar-refractivity contribution in [2.75, 3.05) is 53.2 Å². The molecule has 0 spiro atoms. The Hall–Kier alpha value is -0.160. The van der Waals surface area contributed by atoms with E-state index in [9.17, 15) is 0 Å². The second-order valence-corrected chi connectivity index (χ2v) is 4.23. The molecule has 0 aliphatic carbocycles. The predicted molar refractivity (Wildman–Crippen MR) is 63.7 cm³/mol. The van der Waals surface area contributed by atoms with Gasteiger partial charge in [0.15, 0.2) is 0 Å². The van der Waals surface area contributed by atoms with E-state index in [0.29, 0.717) is 6.61 Å². The molecule has 0 saturated carbocycles. The van der Waals surface area contributed by atoms with Gasteiger partial charge in [-0.05, 0) is 38.3 Å². The van der Waals surface area contributed by atoms with Crippen molar-refractivity contribution in [1.82, 2.24) is 5.32 Å². The summed E-state index contributed by atoms with van der Waals surface area (Å²) in [5, 5.41) is 3.35. The van der Waals surface area contributed by atoms with Crippen molar-refractivity contribution in [3.63, 3.8) is 0 Å². The number of ether oxygens (including phenoxy) is 3. The van der Waals surface area contributed by atoms with Crippen LogP contribution in [0.25, 0.3) is 0 Å². The maximum absolute atomic E-state index is 5.60. The highest BCUT2D eigenvalue weighted by molar-refractivity contribution is 4.67. The van der Waals surface area contributed by atoms with Crippen LogP contribution < -0.4 is 5.32 Å². The summed E-state index contributed by atoms with van der Waals surface area (Å²) in [6.45, 7) is 6.14. The summed E-state index contributed by atoms with van der Waals surface area (Å²) < 4.78 is 15.9. The first-order valence-electron chi connectivity index (χ1n) is 6.28. The van der Waals surface area contributed by atoms with Gasteiger partial charge >= 0.3 is 0 Å². The lowest BCUT2D eigenvalue weighted by Crippen LogP contribution is -2.30. The normalized spacial score (nSPS) is 17.8. The lowest BCUT2D eigenvalue weighted by molar-refractivity contribution is 0.0237. The lowest BCUT2D eigenvalue weighted by Gasteiger charge is -2.22. The van der Waals surface area contributed by atoms with E-state index in [-0.39, 0.29) is 0 Å². The molecule has 1 rings (SSSR count). The molecule has 1 saturated heterocycles. The average Bonchev–Trinajstić information content (AvgIpc) is 2.34. The smallest absolute Gasteiger partial charge is 0.0700 e. The maximum Gasteiger partial charge on any atom is 0.0700 e. The molecule has 0 bridgehead atoms. The van der Waals surface area contributed by atoms with Crippen LogP contribution in [0.2, 0.25) is 0 Å². The molecule has 1 N–H and O–H groups in total. The number of rotatable bonds is 9. The van der Waals surface area contributed by atoms with Crippen molar-refractivity contribution in [3.8, 4) is 0 Å². The van der Waals surface area contributed by atoms with Gasteiger partial charge in [-0.1, -0.05) is 0 Å². The van der Waals surface area contributed by atoms with Crippen LogP contribution in [0.1, 0.15) is 19.3 Å². The van der Waals surface area contributed by atoms with Crippen LogP contribution in [0.5, 0.6) is 0 Å². The Bertz CT molecular complexity index is 149. The Morgan fingerprint density at radius 2 is 1.75 bits per heavy atom. The van der Waals surface area contributed by atoms with E-state index in [1.807, 2.05) is 0 Å². The number of hydrogen-bond donors (Lipinski definition) is 1. The van der Waals surface area contributed by atoms with Gasteiger partial charge in [-0.25, -0.2) is 0 Å². The van der Waals surface area contributed by atoms with E-state index in [1.165, 1.54) is 12.8 Å². The molecule has 1 aliphatic rings. The average molecular weight is 231 g/mol. The minimum Gasteiger partial charge on any atom is -0.385 e. The predicted octanol–water partition coefficient (Wildman–Crippen LogP) is 1.06. The van der Waals surface area contributed by atoms with E-state index in [0.717, 1.165) is 51.9 Å². The van der Waals surface area contributed by atoms with Crippen LogP contribution in [0.15, 0.2) is 0 Å². The Labute approximate surface area is 98.6 Å². The Balaban J connectivity index is 1.77. The van der Waals surface area contributed by atoms with Gasteiger partial charge < -0.3 is 19.5 Å². The summed E-state index contributed by atoms with van der Waals surface area (Å²) in [4.78, 5) is 0. The molecule has 0 amide bonds. The molecule has 0 aromatic rings. The molecule has 0 atom stereocenters. The number of nitrogens with one attached hydrogen (secondary N) is 1. The third-order valence-electron chi connectivity index (χ3n) is 2.82. The summed E-state index contributed by atoms with van der Waals surface area (Å²) in [6.07, 6.45) is 3.45. The summed E-state index contributed by atoms with van der Waals surface area (Å²) in [6, 6.07) is 0. The van der Waals surface area contributed by atoms with Crippen molar-refractivity contribution in [1.29, 1.82) is 0 Å². The van der Waals surface area contributed by atoms with Crippen LogP contribution in [0, 0.1) is 5.92 Å². The molecule has 0 aromatic carbocycles. The minimum absolute atomic E-state index is 0.703. The molecule has 1 fully saturated rings. The van der Waals surface area contributed by atoms with Crippen molar-refractivity contribution < 1.29 is 14.2 Å². The monoisotopic (exact) mass is 231 g/mol. The van der Waals surface area contributed by atoms with Crippen LogP contribution in [-0.2, 0) is 14.2 Å². The Kier molecular flexibility index (Phi) is 8.71. The van der Waals surface area contributed by atoms with E-state index in [4.69, 9.17) is 14.2 Å². The lowest BCUT2D eigenvalue weighted by atomic mass is 9.99. The second-order valence-electron chi connectivity index (χ2n) is 4.23. The van der Waals surface area contributed by atoms with Gasteiger partial charge in [-0.15, -0.1) is 0 Å². The Morgan fingerprint density at radius 3 is 2.50 bits per heavy atom. The zero-order valence-electron chi connectivity index (χ0n) is 10.4. The maximum atomic E-state index is 5.60. The van der Waals surface area contributed by atoms with Crippen LogP contribution in [-0.4, -0.2) is 53.2 Å². The molecule has 96 valence electrons. The highest BCUT2D eigenvalue weighted by Crippen LogP contribution is 2.11. The van der Waals surface area contributed by atoms with E-state index < -0.39 is 0 Å². The molecule has 16 heavy (non-hydrogen) atoms. The number of methoxy groups -OCH3 is 1. The first kappa shape index (κ1) is 13.9. The summed E-state index contributed by atoms with van der Waals surface area (Å²) in [5.74, 6) is 0.745. The van der Waals surface area contributed by atoms with Crippen molar-refractivity contribution in [2.45, 2.75) is 19.3 Å². The van der Waals surface area contributed by atoms with Gasteiger partial charge in [0.1, 0.15) is 0 Å². The molecule has 1 heterocycles. The molecule has 1 aliphatic heterocycles. The fourth-order valence-corrected chi connectivity index (χ4v) is 1.82. The van der Waals surface area contributed by atoms with Crippen molar-refractivity contribution in [3.05, 3.63) is 0 Å². The molecule has 0 radical (unpaired) electrons. The molecular weight excluding hydrogens is 206 g/mol. The largest absolute Gasteiger partial charge is 0.385 e. The molecule has 4 nitrogen and oxygen atoms in total. The Morgan fingerprint density at radius 1 is 1.00 bits per heavy atom. The van der Waals surface area contributed by atoms with Crippen molar-refractivity contribution >= 4 is 0 Å². The zero-order chi connectivity index (χ0) is 11.5.